The van der Waals surface area contributed by atoms with Gasteiger partial charge in [0.15, 0.2) is 5.65 Å². The Kier molecular flexibility index (Phi) is 3.57. The molecule has 0 bridgehead atoms. The molecule has 0 unspecified atom stereocenters. The number of benzene rings is 1. The van der Waals surface area contributed by atoms with Crippen molar-refractivity contribution in [1.82, 2.24) is 14.2 Å². The minimum atomic E-state index is 0.652. The Morgan fingerprint density at radius 3 is 2.65 bits per heavy atom. The third-order valence-electron chi connectivity index (χ3n) is 3.32. The molecule has 6 heteroatoms. The maximum atomic E-state index is 4.61. The van der Waals surface area contributed by atoms with Crippen LogP contribution in [0.4, 0.5) is 0 Å². The lowest BCUT2D eigenvalue weighted by atomic mass is 10.3. The van der Waals surface area contributed by atoms with Crippen LogP contribution in [0.5, 0.6) is 0 Å². The predicted molar refractivity (Wildman–Crippen MR) is 92.0 cm³/mol. The Labute approximate surface area is 136 Å². The zero-order valence-corrected chi connectivity index (χ0v) is 13.0. The first-order chi connectivity index (χ1) is 11.4. The molecule has 0 spiro atoms. The van der Waals surface area contributed by atoms with Crippen molar-refractivity contribution < 1.29 is 0 Å². The molecule has 5 nitrogen and oxygen atoms in total. The summed E-state index contributed by atoms with van der Waals surface area (Å²) in [6.45, 7) is 0. The van der Waals surface area contributed by atoms with E-state index < -0.39 is 0 Å². The van der Waals surface area contributed by atoms with Gasteiger partial charge in [-0.15, -0.1) is 21.5 Å². The maximum Gasteiger partial charge on any atom is 0.256 e. The summed E-state index contributed by atoms with van der Waals surface area (Å²) >= 11 is 1.63. The molecule has 0 saturated carbocycles. The van der Waals surface area contributed by atoms with Crippen LogP contribution >= 0.6 is 11.3 Å². The lowest BCUT2D eigenvalue weighted by Crippen LogP contribution is -2.21. The minimum Gasteiger partial charge on any atom is -0.267 e. The van der Waals surface area contributed by atoms with Gasteiger partial charge in [-0.2, -0.15) is 9.78 Å². The minimum absolute atomic E-state index is 0.652. The van der Waals surface area contributed by atoms with E-state index in [0.29, 0.717) is 5.62 Å². The van der Waals surface area contributed by atoms with Gasteiger partial charge >= 0.3 is 0 Å². The first-order valence-electron chi connectivity index (χ1n) is 7.14. The van der Waals surface area contributed by atoms with Gasteiger partial charge in [0.1, 0.15) is 0 Å². The number of para-hydroxylation sites is 1. The molecule has 0 N–H and O–H groups in total. The fourth-order valence-corrected chi connectivity index (χ4v) is 2.85. The van der Waals surface area contributed by atoms with Crippen LogP contribution in [-0.2, 0) is 0 Å². The third kappa shape index (κ3) is 2.72. The Morgan fingerprint density at radius 2 is 1.83 bits per heavy atom. The van der Waals surface area contributed by atoms with Gasteiger partial charge in [0.05, 0.1) is 11.9 Å². The number of pyridine rings is 1. The smallest absolute Gasteiger partial charge is 0.256 e. The largest absolute Gasteiger partial charge is 0.267 e. The van der Waals surface area contributed by atoms with E-state index in [0.717, 1.165) is 16.2 Å². The van der Waals surface area contributed by atoms with Crippen LogP contribution in [0, 0.1) is 0 Å². The molecule has 112 valence electrons. The number of rotatable bonds is 3. The third-order valence-corrected chi connectivity index (χ3v) is 4.13. The van der Waals surface area contributed by atoms with Crippen molar-refractivity contribution in [2.24, 2.45) is 10.2 Å². The molecule has 4 rings (SSSR count). The molecule has 4 aromatic rings. The number of thiophene rings is 1. The highest BCUT2D eigenvalue weighted by molar-refractivity contribution is 7.11. The highest BCUT2D eigenvalue weighted by atomic mass is 32.1. The van der Waals surface area contributed by atoms with Crippen LogP contribution in [0.2, 0.25) is 0 Å². The van der Waals surface area contributed by atoms with Gasteiger partial charge in [-0.3, -0.25) is 4.40 Å². The zero-order valence-electron chi connectivity index (χ0n) is 12.1. The van der Waals surface area contributed by atoms with E-state index in [9.17, 15) is 0 Å². The molecule has 0 atom stereocenters. The van der Waals surface area contributed by atoms with E-state index in [1.807, 2.05) is 76.6 Å². The molecule has 0 fully saturated rings. The molecule has 0 aliphatic carbocycles. The Morgan fingerprint density at radius 1 is 0.957 bits per heavy atom. The lowest BCUT2D eigenvalue weighted by molar-refractivity contribution is 0.791. The average molecular weight is 319 g/mol. The van der Waals surface area contributed by atoms with E-state index in [-0.39, 0.29) is 0 Å². The Bertz CT molecular complexity index is 1010. The van der Waals surface area contributed by atoms with Crippen LogP contribution in [0.25, 0.3) is 11.3 Å². The van der Waals surface area contributed by atoms with Crippen LogP contribution in [0.15, 0.2) is 82.4 Å². The van der Waals surface area contributed by atoms with Gasteiger partial charge in [-0.1, -0.05) is 30.3 Å². The summed E-state index contributed by atoms with van der Waals surface area (Å²) in [6, 6.07) is 19.8. The molecule has 0 radical (unpaired) electrons. The van der Waals surface area contributed by atoms with Crippen molar-refractivity contribution in [2.45, 2.75) is 0 Å². The molecular formula is C17H13N5S. The summed E-state index contributed by atoms with van der Waals surface area (Å²) in [7, 11) is 0. The standard InChI is InChI=1S/C17H13N5S/c1-2-7-14(8-3-1)22-17(19-18-13-15-9-6-12-23-15)21-11-5-4-10-16(21)20-22/h1-13H/b18-13?,19-17-. The van der Waals surface area contributed by atoms with E-state index in [4.69, 9.17) is 0 Å². The molecule has 1 aromatic carbocycles. The first-order valence-corrected chi connectivity index (χ1v) is 8.02. The van der Waals surface area contributed by atoms with Crippen molar-refractivity contribution in [3.05, 3.63) is 82.7 Å². The molecule has 0 amide bonds. The summed E-state index contributed by atoms with van der Waals surface area (Å²) in [6.07, 6.45) is 3.68. The molecule has 3 heterocycles. The van der Waals surface area contributed by atoms with E-state index in [2.05, 4.69) is 15.3 Å². The van der Waals surface area contributed by atoms with Crippen molar-refractivity contribution in [2.75, 3.05) is 0 Å². The number of fused-ring (bicyclic) bond motifs is 1. The first kappa shape index (κ1) is 13.7. The van der Waals surface area contributed by atoms with Gasteiger partial charge in [0.25, 0.3) is 5.62 Å². The molecule has 0 aliphatic rings. The van der Waals surface area contributed by atoms with E-state index >= 15 is 0 Å². The molecule has 23 heavy (non-hydrogen) atoms. The quantitative estimate of drug-likeness (QED) is 0.423. The summed E-state index contributed by atoms with van der Waals surface area (Å²) in [4.78, 5) is 1.06. The Hall–Kier alpha value is -2.99. The second-order valence-electron chi connectivity index (χ2n) is 4.84. The molecule has 0 saturated heterocycles. The maximum absolute atomic E-state index is 4.61. The number of hydrogen-bond donors (Lipinski definition) is 0. The van der Waals surface area contributed by atoms with Crippen LogP contribution in [0.3, 0.4) is 0 Å². The van der Waals surface area contributed by atoms with Crippen LogP contribution in [0.1, 0.15) is 4.88 Å². The number of hydrogen-bond acceptors (Lipinski definition) is 4. The summed E-state index contributed by atoms with van der Waals surface area (Å²) in [5.74, 6) is 0. The second-order valence-corrected chi connectivity index (χ2v) is 5.82. The predicted octanol–water partition coefficient (Wildman–Crippen LogP) is 3.12. The summed E-state index contributed by atoms with van der Waals surface area (Å²) in [5.41, 5.74) is 2.42. The number of aromatic nitrogens is 3. The fraction of sp³-hybridized carbons (Fsp3) is 0. The van der Waals surface area contributed by atoms with E-state index in [1.54, 1.807) is 22.2 Å². The number of nitrogens with zero attached hydrogens (tertiary/aromatic N) is 5. The lowest BCUT2D eigenvalue weighted by Gasteiger charge is -1.98. The van der Waals surface area contributed by atoms with Gasteiger partial charge in [-0.05, 0) is 35.7 Å². The van der Waals surface area contributed by atoms with Crippen molar-refractivity contribution in [3.8, 4) is 5.69 Å². The summed E-state index contributed by atoms with van der Waals surface area (Å²) in [5, 5.41) is 15.2. The normalized spacial score (nSPS) is 12.4. The highest BCUT2D eigenvalue weighted by Crippen LogP contribution is 2.06. The van der Waals surface area contributed by atoms with Gasteiger partial charge in [-0.25, -0.2) is 0 Å². The van der Waals surface area contributed by atoms with Crippen LogP contribution < -0.4 is 5.62 Å². The van der Waals surface area contributed by atoms with Crippen molar-refractivity contribution >= 4 is 23.2 Å². The second kappa shape index (κ2) is 6.02. The van der Waals surface area contributed by atoms with E-state index in [1.165, 1.54) is 0 Å². The van der Waals surface area contributed by atoms with Gasteiger partial charge in [0.2, 0.25) is 0 Å². The zero-order chi connectivity index (χ0) is 15.5. The molecule has 3 aromatic heterocycles. The fourth-order valence-electron chi connectivity index (χ4n) is 2.27. The van der Waals surface area contributed by atoms with Gasteiger partial charge in [0, 0.05) is 11.1 Å². The van der Waals surface area contributed by atoms with Gasteiger partial charge < -0.3 is 0 Å². The highest BCUT2D eigenvalue weighted by Gasteiger charge is 2.06. The summed E-state index contributed by atoms with van der Waals surface area (Å²) < 4.78 is 3.71. The monoisotopic (exact) mass is 319 g/mol. The topological polar surface area (TPSA) is 47.0 Å². The van der Waals surface area contributed by atoms with Crippen LogP contribution in [-0.4, -0.2) is 20.4 Å². The van der Waals surface area contributed by atoms with Crippen molar-refractivity contribution in [1.29, 1.82) is 0 Å². The molecular weight excluding hydrogens is 306 g/mol. The SMILES string of the molecule is C(=N/N=c1\n(-c2ccccc2)nc2ccccn12)c1cccs1. The van der Waals surface area contributed by atoms with Crippen molar-refractivity contribution in [3.63, 3.8) is 0 Å². The average Bonchev–Trinajstić information content (AvgIpc) is 3.24. The Balaban J connectivity index is 1.89. The molecule has 0 aliphatic heterocycles.